The summed E-state index contributed by atoms with van der Waals surface area (Å²) in [6, 6.07) is 16.2. The standard InChI is InChI=1S/C20H24BrNO2/c1-24-19-8-7-18(21)13-17(19)14-22-11-9-16(10-12-22)20(23)15-5-3-2-4-6-15/h2-8,13,16,20,23H,9-12,14H2,1H3. The maximum Gasteiger partial charge on any atom is 0.123 e. The molecular formula is C20H24BrNO2. The first kappa shape index (κ1) is 17.5. The number of hydrogen-bond acceptors (Lipinski definition) is 3. The van der Waals surface area contributed by atoms with Crippen LogP contribution < -0.4 is 4.74 Å². The number of aliphatic hydroxyl groups excluding tert-OH is 1. The molecule has 1 unspecified atom stereocenters. The second-order valence-electron chi connectivity index (χ2n) is 6.43. The van der Waals surface area contributed by atoms with E-state index in [9.17, 15) is 5.11 Å². The number of piperidine rings is 1. The third-order valence-corrected chi connectivity index (χ3v) is 5.35. The highest BCUT2D eigenvalue weighted by Crippen LogP contribution is 2.32. The molecule has 128 valence electrons. The zero-order valence-electron chi connectivity index (χ0n) is 14.0. The molecule has 0 aromatic heterocycles. The number of likely N-dealkylation sites (tertiary alicyclic amines) is 1. The number of nitrogens with zero attached hydrogens (tertiary/aromatic N) is 1. The number of aliphatic hydroxyl groups is 1. The van der Waals surface area contributed by atoms with Crippen molar-refractivity contribution in [3.63, 3.8) is 0 Å². The Balaban J connectivity index is 1.59. The minimum Gasteiger partial charge on any atom is -0.496 e. The molecule has 2 aromatic carbocycles. The van der Waals surface area contributed by atoms with Gasteiger partial charge in [-0.05, 0) is 55.6 Å². The third-order valence-electron chi connectivity index (χ3n) is 4.86. The van der Waals surface area contributed by atoms with Crippen LogP contribution >= 0.6 is 15.9 Å². The number of benzene rings is 2. The van der Waals surface area contributed by atoms with Crippen molar-refractivity contribution >= 4 is 15.9 Å². The van der Waals surface area contributed by atoms with Crippen LogP contribution in [0, 0.1) is 5.92 Å². The Morgan fingerprint density at radius 2 is 1.88 bits per heavy atom. The summed E-state index contributed by atoms with van der Waals surface area (Å²) in [5.74, 6) is 1.28. The van der Waals surface area contributed by atoms with Gasteiger partial charge in [-0.1, -0.05) is 46.3 Å². The number of hydrogen-bond donors (Lipinski definition) is 1. The summed E-state index contributed by atoms with van der Waals surface area (Å²) >= 11 is 3.54. The molecule has 4 heteroatoms. The number of ether oxygens (including phenoxy) is 1. The lowest BCUT2D eigenvalue weighted by atomic mass is 9.87. The van der Waals surface area contributed by atoms with Gasteiger partial charge in [0.1, 0.15) is 5.75 Å². The van der Waals surface area contributed by atoms with E-state index in [1.807, 2.05) is 42.5 Å². The van der Waals surface area contributed by atoms with E-state index in [-0.39, 0.29) is 6.10 Å². The average Bonchev–Trinajstić information content (AvgIpc) is 2.63. The average molecular weight is 390 g/mol. The number of methoxy groups -OCH3 is 1. The van der Waals surface area contributed by atoms with Gasteiger partial charge in [0.15, 0.2) is 0 Å². The van der Waals surface area contributed by atoms with Gasteiger partial charge in [-0.2, -0.15) is 0 Å². The molecule has 1 N–H and O–H groups in total. The fraction of sp³-hybridized carbons (Fsp3) is 0.400. The maximum atomic E-state index is 10.6. The van der Waals surface area contributed by atoms with Crippen LogP contribution in [0.15, 0.2) is 53.0 Å². The van der Waals surface area contributed by atoms with Gasteiger partial charge in [-0.15, -0.1) is 0 Å². The first-order chi connectivity index (χ1) is 11.7. The van der Waals surface area contributed by atoms with Gasteiger partial charge in [0, 0.05) is 16.6 Å². The first-order valence-corrected chi connectivity index (χ1v) is 9.24. The predicted molar refractivity (Wildman–Crippen MR) is 100 cm³/mol. The van der Waals surface area contributed by atoms with Gasteiger partial charge >= 0.3 is 0 Å². The van der Waals surface area contributed by atoms with E-state index in [0.29, 0.717) is 5.92 Å². The Morgan fingerprint density at radius 3 is 2.54 bits per heavy atom. The zero-order chi connectivity index (χ0) is 16.9. The Bertz CT molecular complexity index is 654. The summed E-state index contributed by atoms with van der Waals surface area (Å²) in [5, 5.41) is 10.6. The Labute approximate surface area is 152 Å². The molecule has 24 heavy (non-hydrogen) atoms. The van der Waals surface area contributed by atoms with E-state index >= 15 is 0 Å². The van der Waals surface area contributed by atoms with Gasteiger partial charge in [-0.25, -0.2) is 0 Å². The van der Waals surface area contributed by atoms with Crippen LogP contribution in [-0.2, 0) is 6.54 Å². The fourth-order valence-electron chi connectivity index (χ4n) is 3.46. The quantitative estimate of drug-likeness (QED) is 0.821. The lowest BCUT2D eigenvalue weighted by molar-refractivity contribution is 0.0565. The molecule has 1 fully saturated rings. The highest BCUT2D eigenvalue weighted by Gasteiger charge is 2.26. The van der Waals surface area contributed by atoms with Crippen LogP contribution in [0.1, 0.15) is 30.1 Å². The second-order valence-corrected chi connectivity index (χ2v) is 7.34. The predicted octanol–water partition coefficient (Wildman–Crippen LogP) is 4.40. The largest absolute Gasteiger partial charge is 0.496 e. The molecule has 0 saturated carbocycles. The van der Waals surface area contributed by atoms with Gasteiger partial charge in [0.2, 0.25) is 0 Å². The van der Waals surface area contributed by atoms with Crippen molar-refractivity contribution in [2.24, 2.45) is 5.92 Å². The molecule has 1 atom stereocenters. The maximum absolute atomic E-state index is 10.6. The van der Waals surface area contributed by atoms with Crippen molar-refractivity contribution in [3.05, 3.63) is 64.1 Å². The molecular weight excluding hydrogens is 366 g/mol. The van der Waals surface area contributed by atoms with E-state index in [1.54, 1.807) is 7.11 Å². The molecule has 0 radical (unpaired) electrons. The van der Waals surface area contributed by atoms with Crippen molar-refractivity contribution in [1.82, 2.24) is 4.90 Å². The zero-order valence-corrected chi connectivity index (χ0v) is 15.6. The third kappa shape index (κ3) is 4.18. The Hall–Kier alpha value is -1.36. The molecule has 1 aliphatic rings. The second kappa shape index (κ2) is 8.15. The molecule has 1 saturated heterocycles. The van der Waals surface area contributed by atoms with E-state index in [4.69, 9.17) is 4.74 Å². The molecule has 1 heterocycles. The number of rotatable bonds is 5. The molecule has 3 nitrogen and oxygen atoms in total. The van der Waals surface area contributed by atoms with Crippen molar-refractivity contribution < 1.29 is 9.84 Å². The van der Waals surface area contributed by atoms with Crippen molar-refractivity contribution in [2.75, 3.05) is 20.2 Å². The monoisotopic (exact) mass is 389 g/mol. The molecule has 1 aliphatic heterocycles. The van der Waals surface area contributed by atoms with E-state index < -0.39 is 0 Å². The topological polar surface area (TPSA) is 32.7 Å². The van der Waals surface area contributed by atoms with Crippen molar-refractivity contribution in [1.29, 1.82) is 0 Å². The summed E-state index contributed by atoms with van der Waals surface area (Å²) in [6.07, 6.45) is 1.69. The SMILES string of the molecule is COc1ccc(Br)cc1CN1CCC(C(O)c2ccccc2)CC1. The summed E-state index contributed by atoms with van der Waals surface area (Å²) in [7, 11) is 1.72. The van der Waals surface area contributed by atoms with Crippen molar-refractivity contribution in [2.45, 2.75) is 25.5 Å². The minimum absolute atomic E-state index is 0.341. The molecule has 0 bridgehead atoms. The van der Waals surface area contributed by atoms with Gasteiger partial charge < -0.3 is 9.84 Å². The summed E-state index contributed by atoms with van der Waals surface area (Å²) in [5.41, 5.74) is 2.23. The smallest absolute Gasteiger partial charge is 0.123 e. The fourth-order valence-corrected chi connectivity index (χ4v) is 3.87. The van der Waals surface area contributed by atoms with Crippen LogP contribution in [0.25, 0.3) is 0 Å². The van der Waals surface area contributed by atoms with Gasteiger partial charge in [0.05, 0.1) is 13.2 Å². The van der Waals surface area contributed by atoms with Gasteiger partial charge in [-0.3, -0.25) is 4.90 Å². The highest BCUT2D eigenvalue weighted by atomic mass is 79.9. The molecule has 3 rings (SSSR count). The number of halogens is 1. The van der Waals surface area contributed by atoms with Crippen LogP contribution in [0.4, 0.5) is 0 Å². The highest BCUT2D eigenvalue weighted by molar-refractivity contribution is 9.10. The summed E-state index contributed by atoms with van der Waals surface area (Å²) in [4.78, 5) is 2.44. The summed E-state index contributed by atoms with van der Waals surface area (Å²) < 4.78 is 6.55. The van der Waals surface area contributed by atoms with E-state index in [2.05, 4.69) is 26.9 Å². The lowest BCUT2D eigenvalue weighted by Crippen LogP contribution is -2.35. The summed E-state index contributed by atoms with van der Waals surface area (Å²) in [6.45, 7) is 2.89. The first-order valence-electron chi connectivity index (χ1n) is 8.45. The van der Waals surface area contributed by atoms with Crippen molar-refractivity contribution in [3.8, 4) is 5.75 Å². The molecule has 0 spiro atoms. The van der Waals surface area contributed by atoms with Crippen LogP contribution in [0.3, 0.4) is 0 Å². The molecule has 0 amide bonds. The van der Waals surface area contributed by atoms with Crippen LogP contribution in [-0.4, -0.2) is 30.2 Å². The van der Waals surface area contributed by atoms with Crippen LogP contribution in [0.5, 0.6) is 5.75 Å². The van der Waals surface area contributed by atoms with E-state index in [0.717, 1.165) is 48.3 Å². The lowest BCUT2D eigenvalue weighted by Gasteiger charge is -2.34. The minimum atomic E-state index is -0.353. The van der Waals surface area contributed by atoms with E-state index in [1.165, 1.54) is 5.56 Å². The normalized spacial score (nSPS) is 17.6. The Kier molecular flexibility index (Phi) is 5.93. The Morgan fingerprint density at radius 1 is 1.17 bits per heavy atom. The molecule has 2 aromatic rings. The molecule has 0 aliphatic carbocycles. The van der Waals surface area contributed by atoms with Crippen LogP contribution in [0.2, 0.25) is 0 Å². The van der Waals surface area contributed by atoms with Gasteiger partial charge in [0.25, 0.3) is 0 Å².